The number of fused-ring (bicyclic) bond motifs is 4. The smallest absolute Gasteiger partial charge is 0.213 e. The highest BCUT2D eigenvalue weighted by molar-refractivity contribution is 6.03. The molecule has 0 saturated carbocycles. The summed E-state index contributed by atoms with van der Waals surface area (Å²) in [5, 5.41) is 9.50. The highest BCUT2D eigenvalue weighted by atomic mass is 16.5. The van der Waals surface area contributed by atoms with E-state index in [1.54, 1.807) is 14.2 Å². The van der Waals surface area contributed by atoms with E-state index in [1.807, 2.05) is 12.4 Å². The average Bonchev–Trinajstić information content (AvgIpc) is 3.34. The van der Waals surface area contributed by atoms with Crippen LogP contribution in [-0.2, 0) is 41.6 Å². The second-order valence-electron chi connectivity index (χ2n) is 16.5. The number of methoxy groups -OCH3 is 2. The van der Waals surface area contributed by atoms with Crippen molar-refractivity contribution in [1.29, 1.82) is 0 Å². The molecule has 0 N–H and O–H groups in total. The van der Waals surface area contributed by atoms with Crippen LogP contribution in [0.1, 0.15) is 33.4 Å². The molecule has 8 aromatic carbocycles. The van der Waals surface area contributed by atoms with Gasteiger partial charge >= 0.3 is 0 Å². The summed E-state index contributed by atoms with van der Waals surface area (Å²) in [5.41, 5.74) is 4.63. The highest BCUT2D eigenvalue weighted by Gasteiger charge is 2.46. The molecule has 0 radical (unpaired) electrons. The molecule has 0 fully saturated rings. The maximum atomic E-state index is 8.64. The monoisotopic (exact) mass is 820 g/mol. The molecule has 2 heterocycles. The second kappa shape index (κ2) is 17.2. The van der Waals surface area contributed by atoms with Crippen molar-refractivity contribution in [3.63, 3.8) is 0 Å². The molecule has 10 aromatic rings. The van der Waals surface area contributed by atoms with Crippen LogP contribution in [-0.4, -0.2) is 24.2 Å². The normalized spacial score (nSPS) is 13.5. The first-order valence-electron chi connectivity index (χ1n) is 21.6. The third kappa shape index (κ3) is 7.88. The van der Waals surface area contributed by atoms with Crippen molar-refractivity contribution in [3.8, 4) is 11.8 Å². The van der Waals surface area contributed by atoms with E-state index in [-0.39, 0.29) is 0 Å². The van der Waals surface area contributed by atoms with Gasteiger partial charge in [-0.1, -0.05) is 158 Å². The second-order valence-corrected chi connectivity index (χ2v) is 16.5. The molecule has 5 heteroatoms. The molecular weight excluding hydrogens is 773 g/mol. The summed E-state index contributed by atoms with van der Waals surface area (Å²) in [6.07, 6.45) is 5.87. The van der Waals surface area contributed by atoms with Gasteiger partial charge in [-0.15, -0.1) is 0 Å². The first kappa shape index (κ1) is 39.8. The third-order valence-corrected chi connectivity index (χ3v) is 12.7. The molecule has 63 heavy (non-hydrogen) atoms. The van der Waals surface area contributed by atoms with Crippen molar-refractivity contribution in [2.45, 2.75) is 36.9 Å². The number of ether oxygens (including phenoxy) is 3. The number of nitrogens with zero attached hydrogens (tertiary/aromatic N) is 2. The van der Waals surface area contributed by atoms with E-state index >= 15 is 0 Å². The minimum Gasteiger partial charge on any atom is -0.481 e. The Hall–Kier alpha value is -7.34. The Morgan fingerprint density at radius 1 is 0.365 bits per heavy atom. The number of benzene rings is 8. The SMILES string of the molecule is COc1cc(C(Cc2ccccc2)(Cc2c3ccccc3cc3ccccc23)OC(Cc2ccccc2)(Cc2c3ccccc3cc3ccccc23)c2ccnc(OC)c2)ccn1. The highest BCUT2D eigenvalue weighted by Crippen LogP contribution is 2.48. The molecule has 0 bridgehead atoms. The van der Waals surface area contributed by atoms with Gasteiger partial charge in [-0.2, -0.15) is 0 Å². The Morgan fingerprint density at radius 3 is 1.05 bits per heavy atom. The Labute approximate surface area is 368 Å². The van der Waals surface area contributed by atoms with Crippen LogP contribution >= 0.6 is 0 Å². The predicted molar refractivity (Wildman–Crippen MR) is 257 cm³/mol. The molecule has 0 aliphatic carbocycles. The van der Waals surface area contributed by atoms with Crippen molar-refractivity contribution in [2.75, 3.05) is 14.2 Å². The van der Waals surface area contributed by atoms with Gasteiger partial charge in [-0.25, -0.2) is 9.97 Å². The molecular formula is C58H48N2O3. The van der Waals surface area contributed by atoms with E-state index in [9.17, 15) is 0 Å². The van der Waals surface area contributed by atoms with E-state index in [4.69, 9.17) is 14.2 Å². The molecule has 308 valence electrons. The van der Waals surface area contributed by atoms with Gasteiger partial charge in [-0.05, 0) is 101 Å². The minimum atomic E-state index is -1.02. The van der Waals surface area contributed by atoms with Gasteiger partial charge in [0.05, 0.1) is 14.2 Å². The number of rotatable bonds is 14. The molecule has 2 aromatic heterocycles. The van der Waals surface area contributed by atoms with Crippen molar-refractivity contribution >= 4 is 43.1 Å². The maximum absolute atomic E-state index is 8.64. The molecule has 0 amide bonds. The minimum absolute atomic E-state index is 0.524. The summed E-state index contributed by atoms with van der Waals surface area (Å²) >= 11 is 0. The molecule has 0 aliphatic rings. The number of aromatic nitrogens is 2. The number of hydrogen-bond acceptors (Lipinski definition) is 5. The summed E-state index contributed by atoms with van der Waals surface area (Å²) < 4.78 is 20.5. The maximum Gasteiger partial charge on any atom is 0.213 e. The summed E-state index contributed by atoms with van der Waals surface area (Å²) in [6, 6.07) is 69.4. The van der Waals surface area contributed by atoms with Crippen molar-refractivity contribution in [3.05, 3.63) is 240 Å². The first-order chi connectivity index (χ1) is 31.0. The predicted octanol–water partition coefficient (Wildman–Crippen LogP) is 13.2. The van der Waals surface area contributed by atoms with E-state index in [0.717, 1.165) is 22.3 Å². The van der Waals surface area contributed by atoms with Gasteiger partial charge in [0.2, 0.25) is 11.8 Å². The molecule has 5 nitrogen and oxygen atoms in total. The summed E-state index contributed by atoms with van der Waals surface area (Å²) in [4.78, 5) is 9.33. The van der Waals surface area contributed by atoms with Crippen molar-refractivity contribution < 1.29 is 14.2 Å². The molecule has 0 saturated heterocycles. The molecule has 0 aliphatic heterocycles. The first-order valence-corrected chi connectivity index (χ1v) is 21.6. The zero-order valence-electron chi connectivity index (χ0n) is 35.6. The Bertz CT molecular complexity index is 2880. The topological polar surface area (TPSA) is 53.5 Å². The van der Waals surface area contributed by atoms with Crippen LogP contribution in [0.4, 0.5) is 0 Å². The quantitative estimate of drug-likeness (QED) is 0.102. The van der Waals surface area contributed by atoms with Gasteiger partial charge in [0.15, 0.2) is 0 Å². The van der Waals surface area contributed by atoms with Crippen LogP contribution in [0.5, 0.6) is 11.8 Å². The lowest BCUT2D eigenvalue weighted by atomic mass is 9.75. The van der Waals surface area contributed by atoms with Crippen molar-refractivity contribution in [2.24, 2.45) is 0 Å². The summed E-state index contributed by atoms with van der Waals surface area (Å²) in [5.74, 6) is 1.05. The summed E-state index contributed by atoms with van der Waals surface area (Å²) in [6.45, 7) is 0. The Morgan fingerprint density at radius 2 is 0.698 bits per heavy atom. The lowest BCUT2D eigenvalue weighted by Gasteiger charge is -2.46. The van der Waals surface area contributed by atoms with Crippen LogP contribution in [0.2, 0.25) is 0 Å². The lowest BCUT2D eigenvalue weighted by Crippen LogP contribution is -2.47. The third-order valence-electron chi connectivity index (χ3n) is 12.7. The van der Waals surface area contributed by atoms with Crippen LogP contribution in [0, 0.1) is 0 Å². The van der Waals surface area contributed by atoms with Gasteiger partial charge < -0.3 is 14.2 Å². The van der Waals surface area contributed by atoms with Crippen LogP contribution in [0.15, 0.2) is 207 Å². The fraction of sp³-hybridized carbons (Fsp3) is 0.138. The molecule has 0 spiro atoms. The fourth-order valence-electron chi connectivity index (χ4n) is 9.80. The van der Waals surface area contributed by atoms with Gasteiger partial charge in [0, 0.05) is 50.2 Å². The van der Waals surface area contributed by atoms with E-state index in [1.165, 1.54) is 54.2 Å². The lowest BCUT2D eigenvalue weighted by molar-refractivity contribution is -0.169. The average molecular weight is 821 g/mol. The van der Waals surface area contributed by atoms with Gasteiger partial charge in [0.1, 0.15) is 11.2 Å². The molecule has 2 atom stereocenters. The number of hydrogen-bond donors (Lipinski definition) is 0. The van der Waals surface area contributed by atoms with Crippen LogP contribution in [0.3, 0.4) is 0 Å². The number of pyridine rings is 2. The Kier molecular flexibility index (Phi) is 10.9. The summed E-state index contributed by atoms with van der Waals surface area (Å²) in [7, 11) is 3.36. The van der Waals surface area contributed by atoms with E-state index < -0.39 is 11.2 Å². The Balaban J connectivity index is 1.33. The van der Waals surface area contributed by atoms with Crippen LogP contribution in [0.25, 0.3) is 43.1 Å². The van der Waals surface area contributed by atoms with E-state index in [0.29, 0.717) is 37.4 Å². The zero-order valence-corrected chi connectivity index (χ0v) is 35.6. The van der Waals surface area contributed by atoms with Gasteiger partial charge in [-0.3, -0.25) is 0 Å². The molecule has 10 rings (SSSR count). The standard InChI is InChI=1S/C58H48N2O3/c1-61-55-35-47(29-31-59-55)57(37-41-17-5-3-6-18-41,39-53-49-25-13-9-21-43(49)33-44-22-10-14-26-50(44)53)63-58(38-42-19-7-4-8-20-42,48-30-32-60-56(36-48)62-2)40-54-51-27-15-11-23-45(51)34-46-24-12-16-28-52(46)54/h3-36H,37-40H2,1-2H3. The molecule has 2 unspecified atom stereocenters. The largest absolute Gasteiger partial charge is 0.481 e. The van der Waals surface area contributed by atoms with E-state index in [2.05, 4.69) is 204 Å². The fourth-order valence-corrected chi connectivity index (χ4v) is 9.80. The van der Waals surface area contributed by atoms with Gasteiger partial charge in [0.25, 0.3) is 0 Å². The zero-order chi connectivity index (χ0) is 42.6. The van der Waals surface area contributed by atoms with Crippen LogP contribution < -0.4 is 9.47 Å². The van der Waals surface area contributed by atoms with Crippen molar-refractivity contribution in [1.82, 2.24) is 9.97 Å².